The fourth-order valence-corrected chi connectivity index (χ4v) is 1.45. The van der Waals surface area contributed by atoms with E-state index in [0.29, 0.717) is 22.1 Å². The predicted molar refractivity (Wildman–Crippen MR) is 50.4 cm³/mol. The topological polar surface area (TPSA) is 26.3 Å². The van der Waals surface area contributed by atoms with Gasteiger partial charge < -0.3 is 9.53 Å². The second kappa shape index (κ2) is 4.37. The van der Waals surface area contributed by atoms with E-state index in [-0.39, 0.29) is 6.42 Å². The highest BCUT2D eigenvalue weighted by atomic mass is 79.9. The Balaban J connectivity index is 3.13. The van der Waals surface area contributed by atoms with Crippen LogP contribution in [0.4, 0.5) is 4.39 Å². The van der Waals surface area contributed by atoms with Gasteiger partial charge in [0.15, 0.2) is 0 Å². The van der Waals surface area contributed by atoms with Crippen LogP contribution in [-0.4, -0.2) is 13.4 Å². The fourth-order valence-electron chi connectivity index (χ4n) is 0.974. The van der Waals surface area contributed by atoms with Gasteiger partial charge in [0.1, 0.15) is 17.9 Å². The average Bonchev–Trinajstić information content (AvgIpc) is 2.10. The van der Waals surface area contributed by atoms with Gasteiger partial charge in [0.05, 0.1) is 11.6 Å². The zero-order valence-electron chi connectivity index (χ0n) is 7.01. The number of methoxy groups -OCH3 is 1. The lowest BCUT2D eigenvalue weighted by molar-refractivity contribution is -0.107. The van der Waals surface area contributed by atoms with Crippen LogP contribution in [0.15, 0.2) is 16.6 Å². The standard InChI is InChI=1S/C9H8BrFO2/c1-13-9-4-6(2-3-12)8(11)5-7(9)10/h3-5H,2H2,1H3. The summed E-state index contributed by atoms with van der Waals surface area (Å²) >= 11 is 3.14. The molecular weight excluding hydrogens is 239 g/mol. The highest BCUT2D eigenvalue weighted by Gasteiger charge is 2.07. The summed E-state index contributed by atoms with van der Waals surface area (Å²) in [5, 5.41) is 0. The molecule has 0 fully saturated rings. The Morgan fingerprint density at radius 2 is 2.31 bits per heavy atom. The van der Waals surface area contributed by atoms with E-state index in [1.165, 1.54) is 19.2 Å². The van der Waals surface area contributed by atoms with Crippen molar-refractivity contribution in [1.82, 2.24) is 0 Å². The van der Waals surface area contributed by atoms with E-state index in [4.69, 9.17) is 4.74 Å². The molecule has 0 aliphatic carbocycles. The van der Waals surface area contributed by atoms with Crippen LogP contribution in [0.3, 0.4) is 0 Å². The van der Waals surface area contributed by atoms with Gasteiger partial charge in [-0.15, -0.1) is 0 Å². The lowest BCUT2D eigenvalue weighted by Crippen LogP contribution is -1.94. The molecule has 0 saturated carbocycles. The van der Waals surface area contributed by atoms with E-state index in [2.05, 4.69) is 15.9 Å². The van der Waals surface area contributed by atoms with Gasteiger partial charge in [-0.05, 0) is 33.6 Å². The first-order chi connectivity index (χ1) is 6.19. The zero-order valence-corrected chi connectivity index (χ0v) is 8.60. The molecule has 0 amide bonds. The number of hydrogen-bond acceptors (Lipinski definition) is 2. The Labute approximate surface area is 83.8 Å². The Morgan fingerprint density at radius 1 is 1.62 bits per heavy atom. The van der Waals surface area contributed by atoms with Gasteiger partial charge >= 0.3 is 0 Å². The molecule has 1 rings (SSSR count). The molecule has 0 aliphatic heterocycles. The first-order valence-corrected chi connectivity index (χ1v) is 4.44. The minimum atomic E-state index is -0.403. The van der Waals surface area contributed by atoms with Gasteiger partial charge in [-0.2, -0.15) is 0 Å². The summed E-state index contributed by atoms with van der Waals surface area (Å²) in [6.45, 7) is 0. The maximum atomic E-state index is 13.1. The van der Waals surface area contributed by atoms with Crippen molar-refractivity contribution in [2.75, 3.05) is 7.11 Å². The largest absolute Gasteiger partial charge is 0.496 e. The van der Waals surface area contributed by atoms with Gasteiger partial charge in [-0.3, -0.25) is 0 Å². The lowest BCUT2D eigenvalue weighted by Gasteiger charge is -2.05. The van der Waals surface area contributed by atoms with Crippen molar-refractivity contribution in [2.45, 2.75) is 6.42 Å². The van der Waals surface area contributed by atoms with Crippen LogP contribution >= 0.6 is 15.9 Å². The van der Waals surface area contributed by atoms with Crippen LogP contribution in [0.5, 0.6) is 5.75 Å². The van der Waals surface area contributed by atoms with Crippen LogP contribution in [0, 0.1) is 5.82 Å². The molecule has 0 saturated heterocycles. The summed E-state index contributed by atoms with van der Waals surface area (Å²) in [7, 11) is 1.49. The lowest BCUT2D eigenvalue weighted by atomic mass is 10.1. The Morgan fingerprint density at radius 3 is 2.85 bits per heavy atom. The Kier molecular flexibility index (Phi) is 3.42. The second-order valence-corrected chi connectivity index (χ2v) is 3.30. The molecule has 0 atom stereocenters. The number of carbonyl (C=O) groups excluding carboxylic acids is 1. The number of halogens is 2. The summed E-state index contributed by atoms with van der Waals surface area (Å²) in [6.07, 6.45) is 0.723. The van der Waals surface area contributed by atoms with E-state index >= 15 is 0 Å². The number of aldehydes is 1. The molecule has 1 aromatic carbocycles. The minimum Gasteiger partial charge on any atom is -0.496 e. The summed E-state index contributed by atoms with van der Waals surface area (Å²) in [5.74, 6) is 0.123. The van der Waals surface area contributed by atoms with Gasteiger partial charge in [0.25, 0.3) is 0 Å². The van der Waals surface area contributed by atoms with Crippen molar-refractivity contribution < 1.29 is 13.9 Å². The zero-order chi connectivity index (χ0) is 9.84. The molecule has 4 heteroatoms. The van der Waals surface area contributed by atoms with Crippen molar-refractivity contribution in [3.63, 3.8) is 0 Å². The van der Waals surface area contributed by atoms with Crippen molar-refractivity contribution in [1.29, 1.82) is 0 Å². The monoisotopic (exact) mass is 246 g/mol. The Bertz CT molecular complexity index is 326. The summed E-state index contributed by atoms with van der Waals surface area (Å²) in [4.78, 5) is 10.2. The van der Waals surface area contributed by atoms with Gasteiger partial charge in [0, 0.05) is 6.42 Å². The van der Waals surface area contributed by atoms with E-state index in [0.717, 1.165) is 0 Å². The number of rotatable bonds is 3. The molecule has 70 valence electrons. The predicted octanol–water partition coefficient (Wildman–Crippen LogP) is 2.34. The molecule has 13 heavy (non-hydrogen) atoms. The summed E-state index contributed by atoms with van der Waals surface area (Å²) in [6, 6.07) is 2.80. The Hall–Kier alpha value is -0.900. The molecule has 0 unspecified atom stereocenters. The number of carbonyl (C=O) groups is 1. The second-order valence-electron chi connectivity index (χ2n) is 2.45. The molecule has 1 aromatic rings. The van der Waals surface area contributed by atoms with Gasteiger partial charge in [-0.1, -0.05) is 0 Å². The highest BCUT2D eigenvalue weighted by molar-refractivity contribution is 9.10. The van der Waals surface area contributed by atoms with Crippen LogP contribution in [0.2, 0.25) is 0 Å². The average molecular weight is 247 g/mol. The highest BCUT2D eigenvalue weighted by Crippen LogP contribution is 2.27. The van der Waals surface area contributed by atoms with Crippen molar-refractivity contribution in [3.05, 3.63) is 28.0 Å². The van der Waals surface area contributed by atoms with E-state index < -0.39 is 5.82 Å². The van der Waals surface area contributed by atoms with Crippen molar-refractivity contribution >= 4 is 22.2 Å². The fraction of sp³-hybridized carbons (Fsp3) is 0.222. The van der Waals surface area contributed by atoms with E-state index in [1.54, 1.807) is 0 Å². The molecule has 0 N–H and O–H groups in total. The molecule has 0 bridgehead atoms. The van der Waals surface area contributed by atoms with E-state index in [9.17, 15) is 9.18 Å². The third kappa shape index (κ3) is 2.28. The summed E-state index contributed by atoms with van der Waals surface area (Å²) < 4.78 is 18.6. The molecule has 0 radical (unpaired) electrons. The summed E-state index contributed by atoms with van der Waals surface area (Å²) in [5.41, 5.74) is 0.343. The molecular formula is C9H8BrFO2. The third-order valence-electron chi connectivity index (χ3n) is 1.62. The molecule has 2 nitrogen and oxygen atoms in total. The van der Waals surface area contributed by atoms with Crippen LogP contribution in [0.25, 0.3) is 0 Å². The molecule has 0 heterocycles. The maximum Gasteiger partial charge on any atom is 0.133 e. The quantitative estimate of drug-likeness (QED) is 0.766. The van der Waals surface area contributed by atoms with E-state index in [1.807, 2.05) is 0 Å². The smallest absolute Gasteiger partial charge is 0.133 e. The maximum absolute atomic E-state index is 13.1. The molecule has 0 aliphatic rings. The van der Waals surface area contributed by atoms with Crippen molar-refractivity contribution in [2.24, 2.45) is 0 Å². The third-order valence-corrected chi connectivity index (χ3v) is 2.24. The first kappa shape index (κ1) is 10.2. The van der Waals surface area contributed by atoms with Crippen LogP contribution in [0.1, 0.15) is 5.56 Å². The normalized spacial score (nSPS) is 9.77. The van der Waals surface area contributed by atoms with Crippen molar-refractivity contribution in [3.8, 4) is 5.75 Å². The number of benzene rings is 1. The minimum absolute atomic E-state index is 0.0650. The number of ether oxygens (including phenoxy) is 1. The van der Waals surface area contributed by atoms with Crippen LogP contribution in [-0.2, 0) is 11.2 Å². The first-order valence-electron chi connectivity index (χ1n) is 3.64. The van der Waals surface area contributed by atoms with Gasteiger partial charge in [-0.25, -0.2) is 4.39 Å². The van der Waals surface area contributed by atoms with Gasteiger partial charge in [0.2, 0.25) is 0 Å². The molecule has 0 spiro atoms. The van der Waals surface area contributed by atoms with Crippen LogP contribution < -0.4 is 4.74 Å². The SMILES string of the molecule is COc1cc(CC=O)c(F)cc1Br. The molecule has 0 aromatic heterocycles. The number of hydrogen-bond donors (Lipinski definition) is 0.